The molecule has 1 aromatic carbocycles. The van der Waals surface area contributed by atoms with Gasteiger partial charge in [-0.25, -0.2) is 4.39 Å². The van der Waals surface area contributed by atoms with Crippen molar-refractivity contribution in [2.75, 3.05) is 11.4 Å². The fourth-order valence-corrected chi connectivity index (χ4v) is 3.19. The van der Waals surface area contributed by atoms with Gasteiger partial charge in [0.05, 0.1) is 5.54 Å². The fraction of sp³-hybridized carbons (Fsp3) is 0.400. The van der Waals surface area contributed by atoms with Crippen LogP contribution in [-0.2, 0) is 4.79 Å². The lowest BCUT2D eigenvalue weighted by Gasteiger charge is -2.43. The lowest BCUT2D eigenvalue weighted by atomic mass is 9.84. The van der Waals surface area contributed by atoms with E-state index in [0.717, 1.165) is 19.4 Å². The van der Waals surface area contributed by atoms with Crippen LogP contribution in [0.2, 0.25) is 0 Å². The van der Waals surface area contributed by atoms with E-state index in [1.807, 2.05) is 6.08 Å². The molecule has 108 valence electrons. The van der Waals surface area contributed by atoms with Gasteiger partial charge in [0.25, 0.3) is 5.91 Å². The Morgan fingerprint density at radius 2 is 2.25 bits per heavy atom. The number of hydrogen-bond donors (Lipinski definition) is 1. The zero-order valence-electron chi connectivity index (χ0n) is 11.3. The summed E-state index contributed by atoms with van der Waals surface area (Å²) in [4.78, 5) is 13.9. The van der Waals surface area contributed by atoms with Crippen LogP contribution in [-0.4, -0.2) is 24.0 Å². The van der Waals surface area contributed by atoms with E-state index in [1.54, 1.807) is 23.1 Å². The molecule has 3 nitrogen and oxygen atoms in total. The van der Waals surface area contributed by atoms with E-state index in [-0.39, 0.29) is 29.7 Å². The molecule has 0 aromatic heterocycles. The average molecular weight is 297 g/mol. The van der Waals surface area contributed by atoms with Crippen molar-refractivity contribution >= 4 is 24.0 Å². The second kappa shape index (κ2) is 5.54. The monoisotopic (exact) mass is 296 g/mol. The molecule has 0 radical (unpaired) electrons. The predicted octanol–water partition coefficient (Wildman–Crippen LogP) is 2.66. The van der Waals surface area contributed by atoms with Gasteiger partial charge < -0.3 is 5.32 Å². The lowest BCUT2D eigenvalue weighted by Crippen LogP contribution is -2.55. The number of anilines is 1. The topological polar surface area (TPSA) is 32.3 Å². The molecule has 0 unspecified atom stereocenters. The summed E-state index contributed by atoms with van der Waals surface area (Å²) >= 11 is 0. The number of halogens is 2. The van der Waals surface area contributed by atoms with Crippen molar-refractivity contribution in [3.8, 4) is 0 Å². The van der Waals surface area contributed by atoms with Crippen molar-refractivity contribution in [3.63, 3.8) is 0 Å². The number of carbonyl (C=O) groups excluding carboxylic acids is 1. The smallest absolute Gasteiger partial charge is 0.251 e. The van der Waals surface area contributed by atoms with Gasteiger partial charge in [0, 0.05) is 17.8 Å². The Bertz CT molecular complexity index is 548. The fourth-order valence-electron chi connectivity index (χ4n) is 3.19. The highest BCUT2D eigenvalue weighted by molar-refractivity contribution is 6.06. The summed E-state index contributed by atoms with van der Waals surface area (Å²) in [5.41, 5.74) is 0.347. The minimum Gasteiger partial charge on any atom is -0.314 e. The van der Waals surface area contributed by atoms with Crippen LogP contribution in [0, 0.1) is 5.82 Å². The third kappa shape index (κ3) is 2.45. The van der Waals surface area contributed by atoms with Crippen LogP contribution in [0.4, 0.5) is 10.1 Å². The third-order valence-electron chi connectivity index (χ3n) is 3.98. The lowest BCUT2D eigenvalue weighted by molar-refractivity contribution is -0.114. The van der Waals surface area contributed by atoms with Crippen LogP contribution in [0.25, 0.3) is 0 Å². The first-order valence-electron chi connectivity index (χ1n) is 6.63. The summed E-state index contributed by atoms with van der Waals surface area (Å²) in [6.45, 7) is 2.98. The Hall–Kier alpha value is -1.39. The van der Waals surface area contributed by atoms with Crippen LogP contribution < -0.4 is 10.2 Å². The van der Waals surface area contributed by atoms with Crippen molar-refractivity contribution in [1.82, 2.24) is 5.32 Å². The molecule has 2 aliphatic heterocycles. The van der Waals surface area contributed by atoms with E-state index >= 15 is 0 Å². The van der Waals surface area contributed by atoms with Crippen LogP contribution in [0.15, 0.2) is 36.4 Å². The van der Waals surface area contributed by atoms with Gasteiger partial charge >= 0.3 is 0 Å². The van der Waals surface area contributed by atoms with Crippen molar-refractivity contribution in [2.45, 2.75) is 31.3 Å². The Morgan fingerprint density at radius 3 is 2.95 bits per heavy atom. The van der Waals surface area contributed by atoms with Gasteiger partial charge in [0.2, 0.25) is 0 Å². The molecule has 1 saturated heterocycles. The molecule has 2 heterocycles. The van der Waals surface area contributed by atoms with Gasteiger partial charge in [-0.2, -0.15) is 0 Å². The first-order chi connectivity index (χ1) is 9.11. The number of carbonyl (C=O) groups is 1. The summed E-state index contributed by atoms with van der Waals surface area (Å²) < 4.78 is 13.4. The number of hydrogen-bond acceptors (Lipinski definition) is 2. The zero-order valence-corrected chi connectivity index (χ0v) is 12.1. The van der Waals surface area contributed by atoms with Gasteiger partial charge in [-0.05, 0) is 44.5 Å². The third-order valence-corrected chi connectivity index (χ3v) is 3.98. The first kappa shape index (κ1) is 15.0. The van der Waals surface area contributed by atoms with Crippen LogP contribution >= 0.6 is 12.4 Å². The van der Waals surface area contributed by atoms with Crippen molar-refractivity contribution < 1.29 is 9.18 Å². The molecule has 3 rings (SSSR count). The predicted molar refractivity (Wildman–Crippen MR) is 79.7 cm³/mol. The molecule has 1 N–H and O–H groups in total. The Balaban J connectivity index is 0.00000147. The van der Waals surface area contributed by atoms with E-state index in [2.05, 4.69) is 12.2 Å². The standard InChI is InChI=1S/C15H17FN2O.ClH/c1-11-10-15(7-8-17-11)6-5-14(19)18(15)13-4-2-3-12(16)9-13;/h2-6,9,11,17H,7-8,10H2,1H3;1H/t11-,15+;/m0./s1. The van der Waals surface area contributed by atoms with Crippen LogP contribution in [0.1, 0.15) is 19.8 Å². The van der Waals surface area contributed by atoms with Crippen molar-refractivity contribution in [3.05, 3.63) is 42.2 Å². The summed E-state index contributed by atoms with van der Waals surface area (Å²) in [5.74, 6) is -0.367. The molecule has 2 atom stereocenters. The quantitative estimate of drug-likeness (QED) is 0.864. The molecule has 1 aromatic rings. The maximum Gasteiger partial charge on any atom is 0.251 e. The van der Waals surface area contributed by atoms with Crippen LogP contribution in [0.3, 0.4) is 0 Å². The maximum absolute atomic E-state index is 13.4. The molecule has 1 amide bonds. The molecular weight excluding hydrogens is 279 g/mol. The molecular formula is C15H18ClFN2O. The first-order valence-corrected chi connectivity index (χ1v) is 6.63. The maximum atomic E-state index is 13.4. The van der Waals surface area contributed by atoms with Gasteiger partial charge in [0.15, 0.2) is 0 Å². The highest BCUT2D eigenvalue weighted by Crippen LogP contribution is 2.38. The summed E-state index contributed by atoms with van der Waals surface area (Å²) in [6, 6.07) is 6.62. The number of nitrogens with zero attached hydrogens (tertiary/aromatic N) is 1. The largest absolute Gasteiger partial charge is 0.314 e. The number of rotatable bonds is 1. The Labute approximate surface area is 124 Å². The Morgan fingerprint density at radius 1 is 1.45 bits per heavy atom. The highest BCUT2D eigenvalue weighted by Gasteiger charge is 2.44. The van der Waals surface area contributed by atoms with E-state index in [4.69, 9.17) is 0 Å². The molecule has 1 spiro atoms. The second-order valence-electron chi connectivity index (χ2n) is 5.40. The molecule has 2 aliphatic rings. The van der Waals surface area contributed by atoms with Gasteiger partial charge in [-0.3, -0.25) is 9.69 Å². The molecule has 20 heavy (non-hydrogen) atoms. The summed E-state index contributed by atoms with van der Waals surface area (Å²) in [7, 11) is 0. The minimum atomic E-state index is -0.311. The molecule has 0 bridgehead atoms. The molecule has 5 heteroatoms. The highest BCUT2D eigenvalue weighted by atomic mass is 35.5. The molecule has 1 fully saturated rings. The second-order valence-corrected chi connectivity index (χ2v) is 5.40. The van der Waals surface area contributed by atoms with Crippen LogP contribution in [0.5, 0.6) is 0 Å². The summed E-state index contributed by atoms with van der Waals surface area (Å²) in [6.07, 6.45) is 5.31. The van der Waals surface area contributed by atoms with Crippen molar-refractivity contribution in [2.24, 2.45) is 0 Å². The van der Waals surface area contributed by atoms with E-state index < -0.39 is 0 Å². The SMILES string of the molecule is C[C@H]1C[C@@]2(C=CC(=O)N2c2cccc(F)c2)CCN1.Cl. The van der Waals surface area contributed by atoms with E-state index in [0.29, 0.717) is 11.7 Å². The molecule has 0 aliphatic carbocycles. The normalized spacial score (nSPS) is 28.8. The van der Waals surface area contributed by atoms with Gasteiger partial charge in [-0.1, -0.05) is 12.1 Å². The molecule has 0 saturated carbocycles. The number of piperidine rings is 1. The number of nitrogens with one attached hydrogen (secondary N) is 1. The average Bonchev–Trinajstić information content (AvgIpc) is 2.66. The zero-order chi connectivity index (χ0) is 13.5. The van der Waals surface area contributed by atoms with E-state index in [1.165, 1.54) is 12.1 Å². The van der Waals surface area contributed by atoms with Gasteiger partial charge in [-0.15, -0.1) is 12.4 Å². The number of amides is 1. The summed E-state index contributed by atoms with van der Waals surface area (Å²) in [5, 5.41) is 3.39. The van der Waals surface area contributed by atoms with Crippen molar-refractivity contribution in [1.29, 1.82) is 0 Å². The van der Waals surface area contributed by atoms with Gasteiger partial charge in [0.1, 0.15) is 5.82 Å². The van der Waals surface area contributed by atoms with E-state index in [9.17, 15) is 9.18 Å². The Kier molecular flexibility index (Phi) is 4.16. The number of benzene rings is 1. The minimum absolute atomic E-state index is 0.